The summed E-state index contributed by atoms with van der Waals surface area (Å²) in [6.45, 7) is 0. The quantitative estimate of drug-likeness (QED) is 0.904. The third kappa shape index (κ3) is 2.60. The van der Waals surface area contributed by atoms with E-state index in [0.717, 1.165) is 0 Å². The number of nitrogens with zero attached hydrogens (tertiary/aromatic N) is 3. The van der Waals surface area contributed by atoms with Gasteiger partial charge in [-0.1, -0.05) is 30.3 Å². The standard InChI is InChI=1S/C13H10F3N3O2/c14-13(15,16)12(21)8-10(9-4-2-1-3-5-9)18-19(12)11(20)6-7-17/h1-5,21H,6,8H2/t12-/m1/s1. The van der Waals surface area contributed by atoms with Crippen molar-refractivity contribution in [2.45, 2.75) is 24.7 Å². The van der Waals surface area contributed by atoms with E-state index in [1.807, 2.05) is 0 Å². The minimum atomic E-state index is -5.09. The molecule has 1 aliphatic rings. The summed E-state index contributed by atoms with van der Waals surface area (Å²) in [6.07, 6.45) is -6.76. The van der Waals surface area contributed by atoms with Gasteiger partial charge in [-0.05, 0) is 5.56 Å². The summed E-state index contributed by atoms with van der Waals surface area (Å²) < 4.78 is 39.3. The lowest BCUT2D eigenvalue weighted by Crippen LogP contribution is -2.56. The van der Waals surface area contributed by atoms with Crippen molar-refractivity contribution in [1.82, 2.24) is 5.01 Å². The average Bonchev–Trinajstić information content (AvgIpc) is 2.79. The molecular weight excluding hydrogens is 287 g/mol. The number of alkyl halides is 3. The highest BCUT2D eigenvalue weighted by molar-refractivity contribution is 6.03. The molecule has 0 aliphatic carbocycles. The van der Waals surface area contributed by atoms with Crippen molar-refractivity contribution in [2.24, 2.45) is 5.10 Å². The second kappa shape index (κ2) is 5.18. The Kier molecular flexibility index (Phi) is 3.70. The van der Waals surface area contributed by atoms with Gasteiger partial charge in [0, 0.05) is 0 Å². The van der Waals surface area contributed by atoms with Crippen molar-refractivity contribution in [3.8, 4) is 6.07 Å². The highest BCUT2D eigenvalue weighted by Crippen LogP contribution is 2.41. The smallest absolute Gasteiger partial charge is 0.362 e. The number of carbonyl (C=O) groups is 1. The zero-order valence-electron chi connectivity index (χ0n) is 10.6. The number of amides is 1. The Balaban J connectivity index is 2.43. The van der Waals surface area contributed by atoms with Gasteiger partial charge in [0.05, 0.1) is 18.2 Å². The minimum Gasteiger partial charge on any atom is -0.362 e. The second-order valence-corrected chi connectivity index (χ2v) is 4.44. The molecule has 1 amide bonds. The van der Waals surface area contributed by atoms with Crippen LogP contribution in [0.25, 0.3) is 0 Å². The van der Waals surface area contributed by atoms with Crippen molar-refractivity contribution >= 4 is 11.6 Å². The lowest BCUT2D eigenvalue weighted by molar-refractivity contribution is -0.302. The summed E-state index contributed by atoms with van der Waals surface area (Å²) in [7, 11) is 0. The predicted octanol–water partition coefficient (Wildman–Crippen LogP) is 1.79. The zero-order chi connectivity index (χ0) is 15.7. The number of rotatable bonds is 2. The van der Waals surface area contributed by atoms with Crippen molar-refractivity contribution in [3.05, 3.63) is 35.9 Å². The van der Waals surface area contributed by atoms with Crippen LogP contribution < -0.4 is 0 Å². The number of hydrogen-bond acceptors (Lipinski definition) is 4. The van der Waals surface area contributed by atoms with Crippen LogP contribution in [0.15, 0.2) is 35.4 Å². The van der Waals surface area contributed by atoms with Crippen LogP contribution in [0, 0.1) is 11.3 Å². The highest BCUT2D eigenvalue weighted by Gasteiger charge is 2.63. The predicted molar refractivity (Wildman–Crippen MR) is 65.7 cm³/mol. The van der Waals surface area contributed by atoms with Gasteiger partial charge in [0.1, 0.15) is 6.42 Å². The van der Waals surface area contributed by atoms with Gasteiger partial charge in [0.25, 0.3) is 11.6 Å². The molecule has 0 bridgehead atoms. The summed E-state index contributed by atoms with van der Waals surface area (Å²) >= 11 is 0. The van der Waals surface area contributed by atoms with Crippen LogP contribution in [0.2, 0.25) is 0 Å². The summed E-state index contributed by atoms with van der Waals surface area (Å²) in [5.74, 6) is -1.21. The fourth-order valence-corrected chi connectivity index (χ4v) is 1.96. The molecule has 0 spiro atoms. The molecule has 8 heteroatoms. The highest BCUT2D eigenvalue weighted by atomic mass is 19.4. The summed E-state index contributed by atoms with van der Waals surface area (Å²) in [6, 6.07) is 9.37. The fourth-order valence-electron chi connectivity index (χ4n) is 1.96. The van der Waals surface area contributed by atoms with Crippen molar-refractivity contribution in [1.29, 1.82) is 5.26 Å². The van der Waals surface area contributed by atoms with E-state index < -0.39 is 30.7 Å². The molecule has 0 aromatic heterocycles. The van der Waals surface area contributed by atoms with Crippen LogP contribution in [0.4, 0.5) is 13.2 Å². The molecule has 21 heavy (non-hydrogen) atoms. The first kappa shape index (κ1) is 15.0. The van der Waals surface area contributed by atoms with Gasteiger partial charge < -0.3 is 5.11 Å². The van der Waals surface area contributed by atoms with E-state index in [1.165, 1.54) is 18.2 Å². The number of aliphatic hydroxyl groups is 1. The Labute approximate surface area is 117 Å². The number of carbonyl (C=O) groups excluding carboxylic acids is 1. The van der Waals surface area contributed by atoms with Gasteiger partial charge in [0.2, 0.25) is 0 Å². The van der Waals surface area contributed by atoms with Crippen LogP contribution in [-0.4, -0.2) is 33.6 Å². The van der Waals surface area contributed by atoms with Crippen LogP contribution >= 0.6 is 0 Å². The number of nitriles is 1. The van der Waals surface area contributed by atoms with E-state index >= 15 is 0 Å². The van der Waals surface area contributed by atoms with Crippen molar-refractivity contribution < 1.29 is 23.1 Å². The minimum absolute atomic E-state index is 0.0431. The molecule has 0 fully saturated rings. The fraction of sp³-hybridized carbons (Fsp3) is 0.308. The summed E-state index contributed by atoms with van der Waals surface area (Å²) in [5, 5.41) is 21.8. The zero-order valence-corrected chi connectivity index (χ0v) is 10.6. The topological polar surface area (TPSA) is 76.7 Å². The second-order valence-electron chi connectivity index (χ2n) is 4.44. The van der Waals surface area contributed by atoms with Gasteiger partial charge in [0.15, 0.2) is 0 Å². The SMILES string of the molecule is N#CCC(=O)N1N=C(c2ccccc2)C[C@@]1(O)C(F)(F)F. The van der Waals surface area contributed by atoms with Crippen molar-refractivity contribution in [2.75, 3.05) is 0 Å². The third-order valence-electron chi connectivity index (χ3n) is 3.01. The molecule has 1 aromatic carbocycles. The molecule has 1 aliphatic heterocycles. The van der Waals surface area contributed by atoms with E-state index in [-0.39, 0.29) is 10.7 Å². The maximum absolute atomic E-state index is 13.1. The first-order chi connectivity index (χ1) is 9.79. The first-order valence-corrected chi connectivity index (χ1v) is 5.91. The third-order valence-corrected chi connectivity index (χ3v) is 3.01. The molecule has 1 N–H and O–H groups in total. The summed E-state index contributed by atoms with van der Waals surface area (Å²) in [4.78, 5) is 11.6. The Hall–Kier alpha value is -2.40. The monoisotopic (exact) mass is 297 g/mol. The summed E-state index contributed by atoms with van der Waals surface area (Å²) in [5.41, 5.74) is -3.12. The number of hydrogen-bond donors (Lipinski definition) is 1. The molecule has 0 radical (unpaired) electrons. The van der Waals surface area contributed by atoms with Crippen LogP contribution in [0.5, 0.6) is 0 Å². The Morgan fingerprint density at radius 1 is 1.43 bits per heavy atom. The van der Waals surface area contributed by atoms with Gasteiger partial charge >= 0.3 is 6.18 Å². The lowest BCUT2D eigenvalue weighted by atomic mass is 10.0. The first-order valence-electron chi connectivity index (χ1n) is 5.91. The van der Waals surface area contributed by atoms with Crippen LogP contribution in [0.1, 0.15) is 18.4 Å². The molecule has 0 saturated carbocycles. The molecule has 1 aromatic rings. The maximum Gasteiger partial charge on any atom is 0.438 e. The van der Waals surface area contributed by atoms with E-state index in [1.54, 1.807) is 18.2 Å². The largest absolute Gasteiger partial charge is 0.438 e. The molecule has 1 heterocycles. The normalized spacial score (nSPS) is 21.9. The van der Waals surface area contributed by atoms with Gasteiger partial charge in [-0.2, -0.15) is 28.5 Å². The van der Waals surface area contributed by atoms with Gasteiger partial charge in [-0.3, -0.25) is 4.79 Å². The van der Waals surface area contributed by atoms with Crippen molar-refractivity contribution in [3.63, 3.8) is 0 Å². The maximum atomic E-state index is 13.1. The van der Waals surface area contributed by atoms with E-state index in [9.17, 15) is 23.1 Å². The molecule has 0 unspecified atom stereocenters. The molecule has 2 rings (SSSR count). The molecule has 1 atom stereocenters. The van der Waals surface area contributed by atoms with E-state index in [2.05, 4.69) is 5.10 Å². The number of hydrazone groups is 1. The Morgan fingerprint density at radius 2 is 2.05 bits per heavy atom. The van der Waals surface area contributed by atoms with E-state index in [4.69, 9.17) is 5.26 Å². The molecular formula is C13H10F3N3O2. The molecule has 110 valence electrons. The molecule has 0 saturated heterocycles. The average molecular weight is 297 g/mol. The molecule has 5 nitrogen and oxygen atoms in total. The van der Waals surface area contributed by atoms with Gasteiger partial charge in [-0.15, -0.1) is 0 Å². The number of benzene rings is 1. The van der Waals surface area contributed by atoms with Gasteiger partial charge in [-0.25, -0.2) is 0 Å². The van der Waals surface area contributed by atoms with E-state index in [0.29, 0.717) is 5.56 Å². The lowest BCUT2D eigenvalue weighted by Gasteiger charge is -2.32. The Morgan fingerprint density at radius 3 is 2.57 bits per heavy atom. The number of halogens is 3. The van der Waals surface area contributed by atoms with Crippen LogP contribution in [0.3, 0.4) is 0 Å². The van der Waals surface area contributed by atoms with Crippen LogP contribution in [-0.2, 0) is 4.79 Å². The Bertz CT molecular complexity index is 622.